The second kappa shape index (κ2) is 2.92. The van der Waals surface area contributed by atoms with Crippen molar-refractivity contribution in [2.75, 3.05) is 0 Å². The molecule has 11 heavy (non-hydrogen) atoms. The largest absolute Gasteiger partial charge is 0.197 e. The molecule has 0 amide bonds. The molecule has 1 rings (SSSR count). The number of hydrogen-bond donors (Lipinski definition) is 0. The van der Waals surface area contributed by atoms with E-state index in [2.05, 4.69) is 25.1 Å². The van der Waals surface area contributed by atoms with E-state index in [0.29, 0.717) is 5.92 Å². The molecule has 0 aromatic carbocycles. The molecule has 0 spiro atoms. The van der Waals surface area contributed by atoms with Gasteiger partial charge in [0.05, 0.1) is 11.5 Å². The van der Waals surface area contributed by atoms with Crippen molar-refractivity contribution in [2.24, 2.45) is 11.3 Å². The van der Waals surface area contributed by atoms with Gasteiger partial charge in [0.15, 0.2) is 0 Å². The zero-order valence-corrected chi connectivity index (χ0v) is 7.04. The highest BCUT2D eigenvalue weighted by Gasteiger charge is 2.17. The van der Waals surface area contributed by atoms with Crippen molar-refractivity contribution in [3.05, 3.63) is 24.3 Å². The summed E-state index contributed by atoms with van der Waals surface area (Å²) in [6.07, 6.45) is 9.22. The SMILES string of the molecule is CC1C=CC(C)(C#N)C=CC1. The zero-order valence-electron chi connectivity index (χ0n) is 7.04. The molecule has 0 aromatic rings. The summed E-state index contributed by atoms with van der Waals surface area (Å²) in [6, 6.07) is 2.27. The van der Waals surface area contributed by atoms with Crippen LogP contribution in [0.2, 0.25) is 0 Å². The highest BCUT2D eigenvalue weighted by Crippen LogP contribution is 2.24. The second-order valence-electron chi connectivity index (χ2n) is 3.37. The van der Waals surface area contributed by atoms with Crippen molar-refractivity contribution in [2.45, 2.75) is 20.3 Å². The van der Waals surface area contributed by atoms with Gasteiger partial charge in [-0.2, -0.15) is 5.26 Å². The van der Waals surface area contributed by atoms with Crippen LogP contribution < -0.4 is 0 Å². The van der Waals surface area contributed by atoms with E-state index in [4.69, 9.17) is 5.26 Å². The molecule has 1 aliphatic carbocycles. The predicted octanol–water partition coefficient (Wildman–Crippen LogP) is 2.67. The Labute approximate surface area is 68.0 Å². The molecule has 0 N–H and O–H groups in total. The summed E-state index contributed by atoms with van der Waals surface area (Å²) >= 11 is 0. The molecule has 0 saturated carbocycles. The number of rotatable bonds is 0. The van der Waals surface area contributed by atoms with E-state index < -0.39 is 0 Å². The molecular formula is C10H13N. The van der Waals surface area contributed by atoms with Gasteiger partial charge in [0.2, 0.25) is 0 Å². The lowest BCUT2D eigenvalue weighted by atomic mass is 9.92. The maximum atomic E-state index is 8.81. The molecular weight excluding hydrogens is 134 g/mol. The Balaban J connectivity index is 2.87. The smallest absolute Gasteiger partial charge is 0.0905 e. The molecule has 0 radical (unpaired) electrons. The predicted molar refractivity (Wildman–Crippen MR) is 45.8 cm³/mol. The van der Waals surface area contributed by atoms with Gasteiger partial charge in [-0.1, -0.05) is 31.2 Å². The molecule has 0 saturated heterocycles. The Hall–Kier alpha value is -1.03. The van der Waals surface area contributed by atoms with Crippen LogP contribution in [-0.4, -0.2) is 0 Å². The summed E-state index contributed by atoms with van der Waals surface area (Å²) in [6.45, 7) is 4.09. The molecule has 2 atom stereocenters. The van der Waals surface area contributed by atoms with Gasteiger partial charge < -0.3 is 0 Å². The Kier molecular flexibility index (Phi) is 2.14. The van der Waals surface area contributed by atoms with Crippen LogP contribution in [-0.2, 0) is 0 Å². The maximum absolute atomic E-state index is 8.81. The summed E-state index contributed by atoms with van der Waals surface area (Å²) in [5.41, 5.74) is -0.370. The fourth-order valence-electron chi connectivity index (χ4n) is 1.10. The van der Waals surface area contributed by atoms with Crippen LogP contribution in [0.3, 0.4) is 0 Å². The lowest BCUT2D eigenvalue weighted by Crippen LogP contribution is -2.03. The molecule has 0 fully saturated rings. The van der Waals surface area contributed by atoms with Gasteiger partial charge in [-0.15, -0.1) is 0 Å². The van der Waals surface area contributed by atoms with E-state index in [-0.39, 0.29) is 5.41 Å². The summed E-state index contributed by atoms with van der Waals surface area (Å²) < 4.78 is 0. The van der Waals surface area contributed by atoms with Crippen molar-refractivity contribution in [3.63, 3.8) is 0 Å². The third-order valence-electron chi connectivity index (χ3n) is 1.98. The number of hydrogen-bond acceptors (Lipinski definition) is 1. The standard InChI is InChI=1S/C10H13N/c1-9-4-3-6-10(2,8-11)7-5-9/h3,5-7,9H,4H2,1-2H3. The monoisotopic (exact) mass is 147 g/mol. The Morgan fingerprint density at radius 3 is 2.91 bits per heavy atom. The minimum atomic E-state index is -0.370. The third-order valence-corrected chi connectivity index (χ3v) is 1.98. The molecule has 1 heteroatoms. The van der Waals surface area contributed by atoms with Gasteiger partial charge in [0, 0.05) is 0 Å². The van der Waals surface area contributed by atoms with E-state index in [1.807, 2.05) is 19.1 Å². The summed E-state index contributed by atoms with van der Waals surface area (Å²) in [5.74, 6) is 0.571. The number of nitriles is 1. The number of allylic oxidation sites excluding steroid dienone is 4. The first-order chi connectivity index (χ1) is 5.16. The quantitative estimate of drug-likeness (QED) is 0.483. The Morgan fingerprint density at radius 2 is 2.27 bits per heavy atom. The van der Waals surface area contributed by atoms with Gasteiger partial charge in [-0.3, -0.25) is 0 Å². The first-order valence-corrected chi connectivity index (χ1v) is 3.94. The summed E-state index contributed by atoms with van der Waals surface area (Å²) in [5, 5.41) is 8.81. The third kappa shape index (κ3) is 1.94. The van der Waals surface area contributed by atoms with E-state index in [1.54, 1.807) is 0 Å². The molecule has 0 bridgehead atoms. The van der Waals surface area contributed by atoms with E-state index in [9.17, 15) is 0 Å². The highest BCUT2D eigenvalue weighted by atomic mass is 14.3. The van der Waals surface area contributed by atoms with E-state index in [1.165, 1.54) is 0 Å². The van der Waals surface area contributed by atoms with Gasteiger partial charge in [-0.25, -0.2) is 0 Å². The minimum absolute atomic E-state index is 0.370. The summed E-state index contributed by atoms with van der Waals surface area (Å²) in [4.78, 5) is 0. The lowest BCUT2D eigenvalue weighted by molar-refractivity contribution is 0.727. The van der Waals surface area contributed by atoms with Crippen LogP contribution in [0.25, 0.3) is 0 Å². The molecule has 1 nitrogen and oxygen atoms in total. The van der Waals surface area contributed by atoms with Crippen LogP contribution in [0.4, 0.5) is 0 Å². The maximum Gasteiger partial charge on any atom is 0.0905 e. The second-order valence-corrected chi connectivity index (χ2v) is 3.37. The first-order valence-electron chi connectivity index (χ1n) is 3.94. The average molecular weight is 147 g/mol. The van der Waals surface area contributed by atoms with Gasteiger partial charge in [-0.05, 0) is 19.3 Å². The molecule has 1 aliphatic rings. The van der Waals surface area contributed by atoms with E-state index >= 15 is 0 Å². The van der Waals surface area contributed by atoms with Crippen molar-refractivity contribution < 1.29 is 0 Å². The lowest BCUT2D eigenvalue weighted by Gasteiger charge is -2.08. The zero-order chi connectivity index (χ0) is 8.32. The fourth-order valence-corrected chi connectivity index (χ4v) is 1.10. The van der Waals surface area contributed by atoms with Crippen molar-refractivity contribution >= 4 is 0 Å². The van der Waals surface area contributed by atoms with E-state index in [0.717, 1.165) is 6.42 Å². The normalized spacial score (nSPS) is 36.3. The fraction of sp³-hybridized carbons (Fsp3) is 0.500. The average Bonchev–Trinajstić information content (AvgIpc) is 2.15. The van der Waals surface area contributed by atoms with Crippen LogP contribution >= 0.6 is 0 Å². The molecule has 0 heterocycles. The van der Waals surface area contributed by atoms with Crippen LogP contribution in [0.5, 0.6) is 0 Å². The Bertz CT molecular complexity index is 232. The molecule has 2 unspecified atom stereocenters. The van der Waals surface area contributed by atoms with Crippen molar-refractivity contribution in [3.8, 4) is 6.07 Å². The highest BCUT2D eigenvalue weighted by molar-refractivity contribution is 5.23. The van der Waals surface area contributed by atoms with Crippen molar-refractivity contribution in [1.82, 2.24) is 0 Å². The minimum Gasteiger partial charge on any atom is -0.197 e. The van der Waals surface area contributed by atoms with Gasteiger partial charge in [0.1, 0.15) is 0 Å². The number of nitrogens with zero attached hydrogens (tertiary/aromatic N) is 1. The molecule has 0 aliphatic heterocycles. The summed E-state index contributed by atoms with van der Waals surface area (Å²) in [7, 11) is 0. The van der Waals surface area contributed by atoms with Crippen molar-refractivity contribution in [1.29, 1.82) is 5.26 Å². The van der Waals surface area contributed by atoms with Crippen LogP contribution in [0.1, 0.15) is 20.3 Å². The molecule has 0 aromatic heterocycles. The van der Waals surface area contributed by atoms with Crippen LogP contribution in [0, 0.1) is 22.7 Å². The van der Waals surface area contributed by atoms with Gasteiger partial charge in [0.25, 0.3) is 0 Å². The first kappa shape index (κ1) is 8.07. The van der Waals surface area contributed by atoms with Gasteiger partial charge >= 0.3 is 0 Å². The topological polar surface area (TPSA) is 23.8 Å². The van der Waals surface area contributed by atoms with Crippen LogP contribution in [0.15, 0.2) is 24.3 Å². The Morgan fingerprint density at radius 1 is 1.55 bits per heavy atom. The molecule has 58 valence electrons.